The number of hydrogen-bond acceptors (Lipinski definition) is 2. The molecule has 1 aliphatic heterocycles. The first-order chi connectivity index (χ1) is 9.56. The number of rotatable bonds is 2. The summed E-state index contributed by atoms with van der Waals surface area (Å²) in [6.45, 7) is 0.369. The highest BCUT2D eigenvalue weighted by Gasteiger charge is 2.28. The fourth-order valence-corrected chi connectivity index (χ4v) is 2.93. The van der Waals surface area contributed by atoms with Crippen molar-refractivity contribution in [3.63, 3.8) is 0 Å². The minimum atomic E-state index is 0.0292. The summed E-state index contributed by atoms with van der Waals surface area (Å²) in [5, 5.41) is 1.13. The summed E-state index contributed by atoms with van der Waals surface area (Å²) in [4.78, 5) is 13.9. The van der Waals surface area contributed by atoms with Crippen LogP contribution in [0.4, 0.5) is 11.4 Å². The minimum absolute atomic E-state index is 0.0292. The zero-order valence-electron chi connectivity index (χ0n) is 10.6. The molecule has 0 fully saturated rings. The third-order valence-electron chi connectivity index (χ3n) is 3.41. The van der Waals surface area contributed by atoms with Gasteiger partial charge in [-0.2, -0.15) is 0 Å². The smallest absolute Gasteiger partial charge is 0.231 e. The van der Waals surface area contributed by atoms with Crippen molar-refractivity contribution in [2.24, 2.45) is 0 Å². The van der Waals surface area contributed by atoms with Crippen molar-refractivity contribution in [3.05, 3.63) is 57.6 Å². The lowest BCUT2D eigenvalue weighted by Crippen LogP contribution is -2.26. The number of halogens is 2. The Morgan fingerprint density at radius 2 is 1.85 bits per heavy atom. The standard InChI is InChI=1S/C15H12Cl2N2O/c16-12-2-1-3-13(17)11(12)8-19-14-5-4-10(18)6-9(14)7-15(19)20/h1-6H,7-8,18H2. The number of amides is 1. The minimum Gasteiger partial charge on any atom is -0.399 e. The molecule has 3 nitrogen and oxygen atoms in total. The fourth-order valence-electron chi connectivity index (χ4n) is 2.42. The van der Waals surface area contributed by atoms with Crippen molar-refractivity contribution >= 4 is 40.5 Å². The third-order valence-corrected chi connectivity index (χ3v) is 4.12. The van der Waals surface area contributed by atoms with Crippen LogP contribution in [0.25, 0.3) is 0 Å². The zero-order chi connectivity index (χ0) is 14.3. The Bertz CT molecular complexity index is 680. The number of benzene rings is 2. The van der Waals surface area contributed by atoms with E-state index in [1.165, 1.54) is 0 Å². The van der Waals surface area contributed by atoms with Crippen LogP contribution >= 0.6 is 23.2 Å². The second-order valence-corrected chi connectivity index (χ2v) is 5.56. The molecule has 0 radical (unpaired) electrons. The molecule has 0 spiro atoms. The molecular formula is C15H12Cl2N2O. The van der Waals surface area contributed by atoms with Gasteiger partial charge in [0.15, 0.2) is 0 Å². The average molecular weight is 307 g/mol. The van der Waals surface area contributed by atoms with E-state index < -0.39 is 0 Å². The second kappa shape index (κ2) is 5.00. The lowest BCUT2D eigenvalue weighted by molar-refractivity contribution is -0.117. The topological polar surface area (TPSA) is 46.3 Å². The van der Waals surface area contributed by atoms with E-state index in [1.54, 1.807) is 29.2 Å². The molecule has 0 atom stereocenters. The van der Waals surface area contributed by atoms with Gasteiger partial charge in [0.05, 0.1) is 13.0 Å². The molecule has 2 N–H and O–H groups in total. The van der Waals surface area contributed by atoms with E-state index in [1.807, 2.05) is 12.1 Å². The Hall–Kier alpha value is -1.71. The maximum Gasteiger partial charge on any atom is 0.231 e. The van der Waals surface area contributed by atoms with Crippen molar-refractivity contribution in [3.8, 4) is 0 Å². The number of nitrogens with two attached hydrogens (primary N) is 1. The summed E-state index contributed by atoms with van der Waals surface area (Å²) < 4.78 is 0. The third kappa shape index (κ3) is 2.23. The Kier molecular flexibility index (Phi) is 3.32. The molecule has 5 heteroatoms. The highest BCUT2D eigenvalue weighted by molar-refractivity contribution is 6.36. The van der Waals surface area contributed by atoms with Gasteiger partial charge in [0.2, 0.25) is 5.91 Å². The molecule has 1 aliphatic rings. The molecule has 0 aromatic heterocycles. The van der Waals surface area contributed by atoms with Gasteiger partial charge in [-0.05, 0) is 35.9 Å². The Morgan fingerprint density at radius 1 is 1.15 bits per heavy atom. The molecule has 102 valence electrons. The van der Waals surface area contributed by atoms with Crippen LogP contribution in [0.2, 0.25) is 10.0 Å². The summed E-state index contributed by atoms with van der Waals surface area (Å²) in [7, 11) is 0. The first-order valence-corrected chi connectivity index (χ1v) is 6.93. The van der Waals surface area contributed by atoms with Crippen molar-refractivity contribution in [1.82, 2.24) is 0 Å². The molecule has 3 rings (SSSR count). The molecule has 0 bridgehead atoms. The van der Waals surface area contributed by atoms with Crippen molar-refractivity contribution in [2.75, 3.05) is 10.6 Å². The summed E-state index contributed by atoms with van der Waals surface area (Å²) in [5.74, 6) is 0.0292. The second-order valence-electron chi connectivity index (χ2n) is 4.75. The summed E-state index contributed by atoms with van der Waals surface area (Å²) in [5.41, 5.74) is 8.99. The van der Waals surface area contributed by atoms with Gasteiger partial charge >= 0.3 is 0 Å². The normalized spacial score (nSPS) is 13.7. The molecule has 2 aromatic rings. The number of nitrogens with zero attached hydrogens (tertiary/aromatic N) is 1. The number of carbonyl (C=O) groups excluding carboxylic acids is 1. The van der Waals surface area contributed by atoms with Gasteiger partial charge in [-0.25, -0.2) is 0 Å². The Balaban J connectivity index is 1.98. The molecule has 0 saturated carbocycles. The van der Waals surface area contributed by atoms with Crippen LogP contribution in [-0.2, 0) is 17.8 Å². The largest absolute Gasteiger partial charge is 0.399 e. The fraction of sp³-hybridized carbons (Fsp3) is 0.133. The molecule has 0 saturated heterocycles. The first-order valence-electron chi connectivity index (χ1n) is 6.18. The van der Waals surface area contributed by atoms with Crippen LogP contribution in [-0.4, -0.2) is 5.91 Å². The maximum absolute atomic E-state index is 12.2. The predicted molar refractivity (Wildman–Crippen MR) is 82.2 cm³/mol. The molecule has 2 aromatic carbocycles. The summed E-state index contributed by atoms with van der Waals surface area (Å²) >= 11 is 12.3. The van der Waals surface area contributed by atoms with Crippen LogP contribution in [0.3, 0.4) is 0 Å². The number of carbonyl (C=O) groups is 1. The molecule has 1 heterocycles. The van der Waals surface area contributed by atoms with Gasteiger partial charge in [0.25, 0.3) is 0 Å². The Morgan fingerprint density at radius 3 is 2.55 bits per heavy atom. The van der Waals surface area contributed by atoms with Crippen LogP contribution in [0.15, 0.2) is 36.4 Å². The van der Waals surface area contributed by atoms with E-state index in [4.69, 9.17) is 28.9 Å². The van der Waals surface area contributed by atoms with Gasteiger partial charge < -0.3 is 10.6 Å². The number of fused-ring (bicyclic) bond motifs is 1. The predicted octanol–water partition coefficient (Wildman–Crippen LogP) is 3.66. The molecule has 0 aliphatic carbocycles. The molecule has 0 unspecified atom stereocenters. The maximum atomic E-state index is 12.2. The first kappa shape index (κ1) is 13.3. The number of hydrogen-bond donors (Lipinski definition) is 1. The van der Waals surface area contributed by atoms with Gasteiger partial charge in [0.1, 0.15) is 0 Å². The zero-order valence-corrected chi connectivity index (χ0v) is 12.1. The highest BCUT2D eigenvalue weighted by Crippen LogP contribution is 2.34. The van der Waals surface area contributed by atoms with E-state index in [2.05, 4.69) is 0 Å². The van der Waals surface area contributed by atoms with Crippen LogP contribution in [0.5, 0.6) is 0 Å². The van der Waals surface area contributed by atoms with Gasteiger partial charge in [-0.15, -0.1) is 0 Å². The number of nitrogen functional groups attached to an aromatic ring is 1. The lowest BCUT2D eigenvalue weighted by atomic mass is 10.1. The van der Waals surface area contributed by atoms with Crippen molar-refractivity contribution in [2.45, 2.75) is 13.0 Å². The molecule has 20 heavy (non-hydrogen) atoms. The van der Waals surface area contributed by atoms with E-state index in [-0.39, 0.29) is 5.91 Å². The lowest BCUT2D eigenvalue weighted by Gasteiger charge is -2.19. The highest BCUT2D eigenvalue weighted by atomic mass is 35.5. The number of anilines is 2. The van der Waals surface area contributed by atoms with Crippen molar-refractivity contribution < 1.29 is 4.79 Å². The van der Waals surface area contributed by atoms with E-state index in [0.29, 0.717) is 28.7 Å². The van der Waals surface area contributed by atoms with Crippen LogP contribution < -0.4 is 10.6 Å². The van der Waals surface area contributed by atoms with Crippen molar-refractivity contribution in [1.29, 1.82) is 0 Å². The molecular weight excluding hydrogens is 295 g/mol. The quantitative estimate of drug-likeness (QED) is 0.861. The van der Waals surface area contributed by atoms with Gasteiger partial charge in [-0.1, -0.05) is 29.3 Å². The Labute approximate surface area is 126 Å². The summed E-state index contributed by atoms with van der Waals surface area (Å²) in [6, 6.07) is 10.8. The van der Waals surface area contributed by atoms with Gasteiger partial charge in [0, 0.05) is 27.0 Å². The van der Waals surface area contributed by atoms with Crippen LogP contribution in [0.1, 0.15) is 11.1 Å². The van der Waals surface area contributed by atoms with E-state index >= 15 is 0 Å². The summed E-state index contributed by atoms with van der Waals surface area (Å²) in [6.07, 6.45) is 0.364. The SMILES string of the molecule is Nc1ccc2c(c1)CC(=O)N2Cc1c(Cl)cccc1Cl. The monoisotopic (exact) mass is 306 g/mol. The van der Waals surface area contributed by atoms with Crippen LogP contribution in [0, 0.1) is 0 Å². The van der Waals surface area contributed by atoms with E-state index in [0.717, 1.165) is 16.8 Å². The van der Waals surface area contributed by atoms with E-state index in [9.17, 15) is 4.79 Å². The molecule has 1 amide bonds. The average Bonchev–Trinajstić information content (AvgIpc) is 2.69. The van der Waals surface area contributed by atoms with Gasteiger partial charge in [-0.3, -0.25) is 4.79 Å².